The SMILES string of the molecule is CC(N)c1cncn1-c1ccccc1N(C)C. The van der Waals surface area contributed by atoms with Crippen LogP contribution in [0.25, 0.3) is 5.69 Å². The number of aromatic nitrogens is 2. The smallest absolute Gasteiger partial charge is 0.0995 e. The molecule has 90 valence electrons. The summed E-state index contributed by atoms with van der Waals surface area (Å²) in [5, 5.41) is 0. The highest BCUT2D eigenvalue weighted by molar-refractivity contribution is 5.62. The van der Waals surface area contributed by atoms with Crippen molar-refractivity contribution in [3.05, 3.63) is 42.5 Å². The largest absolute Gasteiger partial charge is 0.376 e. The van der Waals surface area contributed by atoms with Gasteiger partial charge in [-0.25, -0.2) is 4.98 Å². The van der Waals surface area contributed by atoms with Gasteiger partial charge in [0.1, 0.15) is 0 Å². The topological polar surface area (TPSA) is 47.1 Å². The quantitative estimate of drug-likeness (QED) is 0.876. The van der Waals surface area contributed by atoms with Gasteiger partial charge in [-0.3, -0.25) is 4.57 Å². The molecule has 2 aromatic rings. The van der Waals surface area contributed by atoms with Crippen LogP contribution in [-0.4, -0.2) is 23.6 Å². The highest BCUT2D eigenvalue weighted by atomic mass is 15.1. The number of nitrogens with zero attached hydrogens (tertiary/aromatic N) is 3. The summed E-state index contributed by atoms with van der Waals surface area (Å²) in [5.74, 6) is 0. The first-order valence-corrected chi connectivity index (χ1v) is 5.66. The maximum Gasteiger partial charge on any atom is 0.0995 e. The number of hydrogen-bond donors (Lipinski definition) is 1. The second-order valence-corrected chi connectivity index (χ2v) is 4.36. The third-order valence-electron chi connectivity index (χ3n) is 2.76. The monoisotopic (exact) mass is 230 g/mol. The Morgan fingerprint density at radius 3 is 2.65 bits per heavy atom. The van der Waals surface area contributed by atoms with E-state index < -0.39 is 0 Å². The van der Waals surface area contributed by atoms with Gasteiger partial charge < -0.3 is 10.6 Å². The summed E-state index contributed by atoms with van der Waals surface area (Å²) < 4.78 is 2.04. The summed E-state index contributed by atoms with van der Waals surface area (Å²) in [6, 6.07) is 8.17. The Labute approximate surface area is 102 Å². The number of nitrogens with two attached hydrogens (primary N) is 1. The maximum atomic E-state index is 5.95. The molecule has 0 saturated carbocycles. The molecule has 1 heterocycles. The van der Waals surface area contributed by atoms with Crippen molar-refractivity contribution in [1.29, 1.82) is 0 Å². The van der Waals surface area contributed by atoms with E-state index in [2.05, 4.69) is 22.0 Å². The molecule has 0 fully saturated rings. The van der Waals surface area contributed by atoms with Gasteiger partial charge in [-0.2, -0.15) is 0 Å². The number of anilines is 1. The summed E-state index contributed by atoms with van der Waals surface area (Å²) in [7, 11) is 4.06. The predicted octanol–water partition coefficient (Wildman–Crippen LogP) is 1.96. The van der Waals surface area contributed by atoms with Gasteiger partial charge in [0.25, 0.3) is 0 Å². The van der Waals surface area contributed by atoms with Crippen LogP contribution in [0.15, 0.2) is 36.8 Å². The normalized spacial score (nSPS) is 12.5. The van der Waals surface area contributed by atoms with Gasteiger partial charge >= 0.3 is 0 Å². The summed E-state index contributed by atoms with van der Waals surface area (Å²) in [6.07, 6.45) is 3.62. The highest BCUT2D eigenvalue weighted by Crippen LogP contribution is 2.25. The number of para-hydroxylation sites is 2. The lowest BCUT2D eigenvalue weighted by Crippen LogP contribution is -2.15. The van der Waals surface area contributed by atoms with E-state index in [1.165, 1.54) is 0 Å². The Hall–Kier alpha value is -1.81. The standard InChI is InChI=1S/C13H18N4/c1-10(14)13-8-15-9-17(13)12-7-5-4-6-11(12)16(2)3/h4-10H,14H2,1-3H3. The molecule has 0 aliphatic rings. The molecule has 0 spiro atoms. The van der Waals surface area contributed by atoms with Crippen LogP contribution in [0.2, 0.25) is 0 Å². The minimum Gasteiger partial charge on any atom is -0.376 e. The van der Waals surface area contributed by atoms with Gasteiger partial charge in [0.15, 0.2) is 0 Å². The van der Waals surface area contributed by atoms with E-state index in [9.17, 15) is 0 Å². The Morgan fingerprint density at radius 1 is 1.29 bits per heavy atom. The van der Waals surface area contributed by atoms with Crippen molar-refractivity contribution in [3.8, 4) is 5.69 Å². The van der Waals surface area contributed by atoms with Gasteiger partial charge in [-0.05, 0) is 19.1 Å². The minimum atomic E-state index is -0.0345. The average Bonchev–Trinajstić information content (AvgIpc) is 2.77. The van der Waals surface area contributed by atoms with Crippen LogP contribution < -0.4 is 10.6 Å². The second-order valence-electron chi connectivity index (χ2n) is 4.36. The molecular weight excluding hydrogens is 212 g/mol. The number of hydrogen-bond acceptors (Lipinski definition) is 3. The van der Waals surface area contributed by atoms with Gasteiger partial charge in [-0.1, -0.05) is 12.1 Å². The van der Waals surface area contributed by atoms with Gasteiger partial charge in [0, 0.05) is 20.1 Å². The van der Waals surface area contributed by atoms with Crippen molar-refractivity contribution in [1.82, 2.24) is 9.55 Å². The van der Waals surface area contributed by atoms with Crippen LogP contribution in [0.3, 0.4) is 0 Å². The molecule has 1 aromatic carbocycles. The zero-order chi connectivity index (χ0) is 12.4. The predicted molar refractivity (Wildman–Crippen MR) is 70.5 cm³/mol. The van der Waals surface area contributed by atoms with E-state index in [0.717, 1.165) is 17.1 Å². The lowest BCUT2D eigenvalue weighted by Gasteiger charge is -2.19. The first-order chi connectivity index (χ1) is 8.11. The molecule has 0 amide bonds. The number of rotatable bonds is 3. The zero-order valence-corrected chi connectivity index (χ0v) is 10.5. The molecule has 0 aliphatic carbocycles. The second kappa shape index (κ2) is 4.59. The third-order valence-corrected chi connectivity index (χ3v) is 2.76. The summed E-state index contributed by atoms with van der Waals surface area (Å²) in [5.41, 5.74) is 9.21. The van der Waals surface area contributed by atoms with E-state index in [-0.39, 0.29) is 6.04 Å². The van der Waals surface area contributed by atoms with E-state index in [1.807, 2.05) is 43.9 Å². The highest BCUT2D eigenvalue weighted by Gasteiger charge is 2.11. The summed E-state index contributed by atoms with van der Waals surface area (Å²) in [4.78, 5) is 6.27. The Balaban J connectivity index is 2.56. The minimum absolute atomic E-state index is 0.0345. The fraction of sp³-hybridized carbons (Fsp3) is 0.308. The molecule has 17 heavy (non-hydrogen) atoms. The van der Waals surface area contributed by atoms with Crippen molar-refractivity contribution in [2.75, 3.05) is 19.0 Å². The van der Waals surface area contributed by atoms with Gasteiger partial charge in [0.05, 0.1) is 29.6 Å². The maximum absolute atomic E-state index is 5.95. The molecule has 1 atom stereocenters. The van der Waals surface area contributed by atoms with Crippen LogP contribution in [0, 0.1) is 0 Å². The molecule has 0 saturated heterocycles. The molecule has 0 aliphatic heterocycles. The van der Waals surface area contributed by atoms with E-state index in [4.69, 9.17) is 5.73 Å². The molecule has 2 rings (SSSR count). The molecule has 4 nitrogen and oxygen atoms in total. The lowest BCUT2D eigenvalue weighted by molar-refractivity contribution is 0.752. The molecule has 0 radical (unpaired) electrons. The molecular formula is C13H18N4. The Morgan fingerprint density at radius 2 is 2.00 bits per heavy atom. The van der Waals surface area contributed by atoms with Crippen LogP contribution in [-0.2, 0) is 0 Å². The van der Waals surface area contributed by atoms with Crippen LogP contribution in [0.4, 0.5) is 5.69 Å². The molecule has 0 bridgehead atoms. The summed E-state index contributed by atoms with van der Waals surface area (Å²) >= 11 is 0. The van der Waals surface area contributed by atoms with Crippen molar-refractivity contribution in [2.24, 2.45) is 5.73 Å². The van der Waals surface area contributed by atoms with Crippen LogP contribution in [0.5, 0.6) is 0 Å². The fourth-order valence-electron chi connectivity index (χ4n) is 1.89. The fourth-order valence-corrected chi connectivity index (χ4v) is 1.89. The van der Waals surface area contributed by atoms with Crippen molar-refractivity contribution >= 4 is 5.69 Å². The van der Waals surface area contributed by atoms with Crippen LogP contribution in [0.1, 0.15) is 18.7 Å². The third kappa shape index (κ3) is 2.17. The molecule has 2 N–H and O–H groups in total. The lowest BCUT2D eigenvalue weighted by atomic mass is 10.2. The van der Waals surface area contributed by atoms with E-state index in [1.54, 1.807) is 6.33 Å². The van der Waals surface area contributed by atoms with Crippen molar-refractivity contribution in [2.45, 2.75) is 13.0 Å². The average molecular weight is 230 g/mol. The first-order valence-electron chi connectivity index (χ1n) is 5.66. The Bertz CT molecular complexity index is 500. The van der Waals surface area contributed by atoms with E-state index >= 15 is 0 Å². The van der Waals surface area contributed by atoms with Crippen molar-refractivity contribution < 1.29 is 0 Å². The number of benzene rings is 1. The van der Waals surface area contributed by atoms with Gasteiger partial charge in [0.2, 0.25) is 0 Å². The van der Waals surface area contributed by atoms with Crippen LogP contribution >= 0.6 is 0 Å². The Kier molecular flexibility index (Phi) is 3.15. The van der Waals surface area contributed by atoms with Gasteiger partial charge in [-0.15, -0.1) is 0 Å². The van der Waals surface area contributed by atoms with Crippen molar-refractivity contribution in [3.63, 3.8) is 0 Å². The molecule has 1 aromatic heterocycles. The number of imidazole rings is 1. The first kappa shape index (κ1) is 11.7. The molecule has 4 heteroatoms. The van der Waals surface area contributed by atoms with E-state index in [0.29, 0.717) is 0 Å². The zero-order valence-electron chi connectivity index (χ0n) is 10.5. The summed E-state index contributed by atoms with van der Waals surface area (Å²) in [6.45, 7) is 1.96. The molecule has 1 unspecified atom stereocenters.